The summed E-state index contributed by atoms with van der Waals surface area (Å²) in [5.41, 5.74) is -0.0974. The number of aliphatic hydroxyl groups excluding tert-OH is 7. The van der Waals surface area contributed by atoms with Gasteiger partial charge in [-0.1, -0.05) is 24.3 Å². The van der Waals surface area contributed by atoms with Crippen LogP contribution >= 0.6 is 0 Å². The number of carbonyl (C=O) groups is 2. The topological polar surface area (TPSA) is 233 Å². The Balaban J connectivity index is 1.32. The van der Waals surface area contributed by atoms with E-state index in [1.54, 1.807) is 12.1 Å². The average Bonchev–Trinajstić information content (AvgIpc) is 2.97. The Morgan fingerprint density at radius 3 is 2.15 bits per heavy atom. The number of hydrogen-bond acceptors (Lipinski definition) is 14. The number of fused-ring (bicyclic) bond motifs is 2. The average molecular weight is 579 g/mol. The SMILES string of the molecule is O=C1c2ccccc2C(=O)c2c1cc(CO[C@H]1O[C@@H](CO[C@H]3OC[C@H](O)[C@@H](O)[C@@H]3O)[C@H](O)[C@@H](O)[C@@H]1O)c(CO)c2O. The third kappa shape index (κ3) is 5.29. The van der Waals surface area contributed by atoms with E-state index >= 15 is 0 Å². The molecule has 14 heteroatoms. The van der Waals surface area contributed by atoms with Crippen LogP contribution in [-0.4, -0.2) is 121 Å². The van der Waals surface area contributed by atoms with Crippen LogP contribution in [0.15, 0.2) is 30.3 Å². The Kier molecular flexibility index (Phi) is 8.52. The maximum absolute atomic E-state index is 13.1. The summed E-state index contributed by atoms with van der Waals surface area (Å²) in [6.07, 6.45) is -13.9. The van der Waals surface area contributed by atoms with Gasteiger partial charge in [-0.3, -0.25) is 9.59 Å². The minimum Gasteiger partial charge on any atom is -0.507 e. The molecule has 5 rings (SSSR count). The first-order valence-corrected chi connectivity index (χ1v) is 12.8. The van der Waals surface area contributed by atoms with Crippen LogP contribution in [0.5, 0.6) is 5.75 Å². The first-order chi connectivity index (χ1) is 19.5. The van der Waals surface area contributed by atoms with E-state index in [2.05, 4.69) is 0 Å². The molecule has 0 saturated carbocycles. The van der Waals surface area contributed by atoms with Crippen molar-refractivity contribution in [2.45, 2.75) is 68.5 Å². The monoisotopic (exact) mass is 578 g/mol. The van der Waals surface area contributed by atoms with Gasteiger partial charge >= 0.3 is 0 Å². The fraction of sp³-hybridized carbons (Fsp3) is 0.481. The van der Waals surface area contributed by atoms with E-state index in [1.165, 1.54) is 18.2 Å². The minimum absolute atomic E-state index is 0.0970. The molecule has 1 aliphatic carbocycles. The Morgan fingerprint density at radius 2 is 1.46 bits per heavy atom. The highest BCUT2D eigenvalue weighted by molar-refractivity contribution is 6.29. The van der Waals surface area contributed by atoms with Gasteiger partial charge in [-0.2, -0.15) is 0 Å². The zero-order valence-electron chi connectivity index (χ0n) is 21.4. The third-order valence-electron chi connectivity index (χ3n) is 7.49. The van der Waals surface area contributed by atoms with Crippen molar-refractivity contribution in [1.82, 2.24) is 0 Å². The van der Waals surface area contributed by atoms with E-state index in [9.17, 15) is 50.4 Å². The summed E-state index contributed by atoms with van der Waals surface area (Å²) in [6.45, 7) is -2.01. The number of ether oxygens (including phenoxy) is 4. The van der Waals surface area contributed by atoms with Gasteiger partial charge in [-0.05, 0) is 11.6 Å². The van der Waals surface area contributed by atoms with Crippen LogP contribution in [0.1, 0.15) is 43.0 Å². The zero-order chi connectivity index (χ0) is 29.6. The maximum atomic E-state index is 13.1. The summed E-state index contributed by atoms with van der Waals surface area (Å²) in [6, 6.07) is 7.40. The van der Waals surface area contributed by atoms with Crippen molar-refractivity contribution in [3.8, 4) is 5.75 Å². The molecule has 14 nitrogen and oxygen atoms in total. The van der Waals surface area contributed by atoms with Crippen LogP contribution in [0.3, 0.4) is 0 Å². The Labute approximate surface area is 232 Å². The first kappa shape index (κ1) is 29.6. The highest BCUT2D eigenvalue weighted by Crippen LogP contribution is 2.37. The van der Waals surface area contributed by atoms with Crippen LogP contribution < -0.4 is 0 Å². The van der Waals surface area contributed by atoms with Crippen molar-refractivity contribution in [3.63, 3.8) is 0 Å². The molecular weight excluding hydrogens is 548 g/mol. The number of phenols is 1. The molecule has 41 heavy (non-hydrogen) atoms. The lowest BCUT2D eigenvalue weighted by molar-refractivity contribution is -0.322. The van der Waals surface area contributed by atoms with Crippen LogP contribution in [0.25, 0.3) is 0 Å². The number of rotatable bonds is 7. The molecule has 8 N–H and O–H groups in total. The summed E-state index contributed by atoms with van der Waals surface area (Å²) in [4.78, 5) is 26.2. The third-order valence-corrected chi connectivity index (χ3v) is 7.49. The van der Waals surface area contributed by atoms with Gasteiger partial charge in [0.2, 0.25) is 0 Å². The normalized spacial score (nSPS) is 33.4. The summed E-state index contributed by atoms with van der Waals surface area (Å²) in [5.74, 6) is -1.71. The van der Waals surface area contributed by atoms with Gasteiger partial charge in [-0.15, -0.1) is 0 Å². The molecule has 2 fully saturated rings. The Bertz CT molecular complexity index is 1310. The van der Waals surface area contributed by atoms with Gasteiger partial charge in [-0.25, -0.2) is 0 Å². The molecule has 0 bridgehead atoms. The second-order valence-corrected chi connectivity index (χ2v) is 10.1. The van der Waals surface area contributed by atoms with E-state index in [4.69, 9.17) is 18.9 Å². The van der Waals surface area contributed by atoms with Crippen LogP contribution in [0.4, 0.5) is 0 Å². The number of carbonyl (C=O) groups excluding carboxylic acids is 2. The van der Waals surface area contributed by atoms with E-state index in [0.29, 0.717) is 0 Å². The lowest BCUT2D eigenvalue weighted by atomic mass is 9.81. The van der Waals surface area contributed by atoms with E-state index < -0.39 is 92.4 Å². The highest BCUT2D eigenvalue weighted by atomic mass is 16.7. The minimum atomic E-state index is -1.77. The number of benzene rings is 2. The highest BCUT2D eigenvalue weighted by Gasteiger charge is 2.46. The van der Waals surface area contributed by atoms with Crippen molar-refractivity contribution >= 4 is 11.6 Å². The van der Waals surface area contributed by atoms with Gasteiger partial charge < -0.3 is 59.8 Å². The van der Waals surface area contributed by atoms with Gasteiger partial charge in [0.15, 0.2) is 24.1 Å². The molecule has 3 aliphatic rings. The molecule has 0 spiro atoms. The van der Waals surface area contributed by atoms with Crippen LogP contribution in [0, 0.1) is 0 Å². The Hall–Kier alpha value is -2.86. The summed E-state index contributed by atoms with van der Waals surface area (Å²) in [5, 5.41) is 81.5. The van der Waals surface area contributed by atoms with Gasteiger partial charge in [0.25, 0.3) is 0 Å². The summed E-state index contributed by atoms with van der Waals surface area (Å²) in [7, 11) is 0. The molecule has 0 aromatic heterocycles. The zero-order valence-corrected chi connectivity index (χ0v) is 21.4. The number of ketones is 2. The van der Waals surface area contributed by atoms with E-state index in [-0.39, 0.29) is 40.0 Å². The predicted molar refractivity (Wildman–Crippen MR) is 133 cm³/mol. The molecule has 2 aromatic rings. The first-order valence-electron chi connectivity index (χ1n) is 12.8. The van der Waals surface area contributed by atoms with Crippen molar-refractivity contribution in [1.29, 1.82) is 0 Å². The quantitative estimate of drug-likeness (QED) is 0.144. The lowest BCUT2D eigenvalue weighted by Crippen LogP contribution is -2.60. The van der Waals surface area contributed by atoms with Crippen LogP contribution in [-0.2, 0) is 32.2 Å². The maximum Gasteiger partial charge on any atom is 0.198 e. The molecule has 222 valence electrons. The summed E-state index contributed by atoms with van der Waals surface area (Å²) >= 11 is 0. The molecule has 0 amide bonds. The number of hydrogen-bond donors (Lipinski definition) is 8. The van der Waals surface area contributed by atoms with E-state index in [0.717, 1.165) is 0 Å². The molecule has 0 unspecified atom stereocenters. The second kappa shape index (κ2) is 11.8. The van der Waals surface area contributed by atoms with Crippen molar-refractivity contribution in [2.24, 2.45) is 0 Å². The van der Waals surface area contributed by atoms with E-state index in [1.807, 2.05) is 0 Å². The predicted octanol–water partition coefficient (Wildman–Crippen LogP) is -2.56. The fourth-order valence-corrected chi connectivity index (χ4v) is 5.12. The second-order valence-electron chi connectivity index (χ2n) is 10.1. The molecule has 2 aliphatic heterocycles. The molecule has 2 heterocycles. The number of aromatic hydroxyl groups is 1. The molecule has 2 aromatic carbocycles. The largest absolute Gasteiger partial charge is 0.507 e. The number of aliphatic hydroxyl groups is 7. The fourth-order valence-electron chi connectivity index (χ4n) is 5.12. The van der Waals surface area contributed by atoms with Gasteiger partial charge in [0.1, 0.15) is 48.5 Å². The van der Waals surface area contributed by atoms with Crippen molar-refractivity contribution in [2.75, 3.05) is 13.2 Å². The van der Waals surface area contributed by atoms with Crippen LogP contribution in [0.2, 0.25) is 0 Å². The molecule has 9 atom stereocenters. The standard InChI is InChI=1S/C27H30O14/c28-6-14-10(5-13-17(20(14)32)19(31)12-4-2-1-3-11(12)18(13)30)7-38-27-25(37)23(35)22(34)16(41-27)9-40-26-24(36)21(33)15(29)8-39-26/h1-5,15-16,21-29,32-37H,6-9H2/t15-,16-,21+,22-,23+,24-,25-,26+,27-/m0/s1. The summed E-state index contributed by atoms with van der Waals surface area (Å²) < 4.78 is 21.7. The Morgan fingerprint density at radius 1 is 0.805 bits per heavy atom. The van der Waals surface area contributed by atoms with Gasteiger partial charge in [0, 0.05) is 22.3 Å². The van der Waals surface area contributed by atoms with Crippen molar-refractivity contribution in [3.05, 3.63) is 63.7 Å². The smallest absolute Gasteiger partial charge is 0.198 e. The molecule has 2 saturated heterocycles. The molecular formula is C27H30O14. The van der Waals surface area contributed by atoms with Gasteiger partial charge in [0.05, 0.1) is 32.0 Å². The van der Waals surface area contributed by atoms with Crippen molar-refractivity contribution < 1.29 is 69.4 Å². The molecule has 0 radical (unpaired) electrons. The lowest BCUT2D eigenvalue weighted by Gasteiger charge is -2.41.